The number of amides is 1. The molecule has 0 aliphatic carbocycles. The molecule has 0 spiro atoms. The average Bonchev–Trinajstić information content (AvgIpc) is 2.86. The Morgan fingerprint density at radius 3 is 2.41 bits per heavy atom. The summed E-state index contributed by atoms with van der Waals surface area (Å²) < 4.78 is 32.4. The Hall–Kier alpha value is -2.96. The molecule has 1 heterocycles. The van der Waals surface area contributed by atoms with Gasteiger partial charge in [0.15, 0.2) is 0 Å². The number of aromatic nitrogens is 2. The van der Waals surface area contributed by atoms with E-state index in [1.807, 2.05) is 0 Å². The first-order chi connectivity index (χ1) is 10.5. The number of carbonyl (C=O) groups is 1. The number of primary amides is 1. The molecule has 3 N–H and O–H groups in total. The number of aromatic amines is 1. The summed E-state index contributed by atoms with van der Waals surface area (Å²) in [6, 6.07) is 1.77. The molecule has 7 heteroatoms. The van der Waals surface area contributed by atoms with Crippen molar-refractivity contribution in [2.24, 2.45) is 5.73 Å². The van der Waals surface area contributed by atoms with Crippen molar-refractivity contribution in [2.75, 3.05) is 0 Å². The fourth-order valence-corrected chi connectivity index (χ4v) is 1.85. The third-order valence-corrected chi connectivity index (χ3v) is 2.85. The van der Waals surface area contributed by atoms with Gasteiger partial charge < -0.3 is 15.5 Å². The van der Waals surface area contributed by atoms with Crippen molar-refractivity contribution in [1.29, 1.82) is 0 Å². The van der Waals surface area contributed by atoms with Gasteiger partial charge in [0.25, 0.3) is 5.91 Å². The summed E-state index contributed by atoms with van der Waals surface area (Å²) in [4.78, 5) is 18.0. The molecule has 2 rings (SSSR count). The van der Waals surface area contributed by atoms with Gasteiger partial charge in [-0.1, -0.05) is 13.2 Å². The third-order valence-electron chi connectivity index (χ3n) is 2.85. The SMILES string of the molecule is C=Cc1nc(COc2cc(F)c(C(N)=O)c(F)c2)[nH]c1C=C. The summed E-state index contributed by atoms with van der Waals surface area (Å²) in [5.74, 6) is -3.00. The largest absolute Gasteiger partial charge is 0.485 e. The lowest BCUT2D eigenvalue weighted by molar-refractivity contribution is 0.0992. The molecule has 1 aromatic heterocycles. The Bertz CT molecular complexity index is 705. The number of ether oxygens (including phenoxy) is 1. The van der Waals surface area contributed by atoms with Crippen LogP contribution in [0.3, 0.4) is 0 Å². The fourth-order valence-electron chi connectivity index (χ4n) is 1.85. The van der Waals surface area contributed by atoms with Crippen LogP contribution in [0, 0.1) is 11.6 Å². The second-order valence-corrected chi connectivity index (χ2v) is 4.31. The van der Waals surface area contributed by atoms with Gasteiger partial charge in [-0.2, -0.15) is 0 Å². The first kappa shape index (κ1) is 15.4. The predicted octanol–water partition coefficient (Wildman–Crippen LogP) is 2.65. The van der Waals surface area contributed by atoms with E-state index < -0.39 is 23.1 Å². The number of nitrogens with one attached hydrogen (secondary N) is 1. The van der Waals surface area contributed by atoms with E-state index in [-0.39, 0.29) is 12.4 Å². The summed E-state index contributed by atoms with van der Waals surface area (Å²) in [6.07, 6.45) is 3.10. The summed E-state index contributed by atoms with van der Waals surface area (Å²) in [5.41, 5.74) is 5.34. The highest BCUT2D eigenvalue weighted by atomic mass is 19.1. The molecule has 0 saturated carbocycles. The van der Waals surface area contributed by atoms with Gasteiger partial charge in [0.05, 0.1) is 11.4 Å². The van der Waals surface area contributed by atoms with Crippen LogP contribution in [-0.2, 0) is 6.61 Å². The quantitative estimate of drug-likeness (QED) is 0.861. The summed E-state index contributed by atoms with van der Waals surface area (Å²) >= 11 is 0. The van der Waals surface area contributed by atoms with Crippen molar-refractivity contribution in [3.63, 3.8) is 0 Å². The van der Waals surface area contributed by atoms with Crippen LogP contribution in [0.4, 0.5) is 8.78 Å². The molecule has 114 valence electrons. The summed E-state index contributed by atoms with van der Waals surface area (Å²) in [6.45, 7) is 7.17. The van der Waals surface area contributed by atoms with Crippen LogP contribution in [0.25, 0.3) is 12.2 Å². The van der Waals surface area contributed by atoms with Crippen LogP contribution in [-0.4, -0.2) is 15.9 Å². The molecule has 0 aliphatic rings. The second kappa shape index (κ2) is 6.21. The molecule has 0 unspecified atom stereocenters. The lowest BCUT2D eigenvalue weighted by Gasteiger charge is -2.07. The minimum atomic E-state index is -1.18. The van der Waals surface area contributed by atoms with Gasteiger partial charge in [-0.25, -0.2) is 13.8 Å². The van der Waals surface area contributed by atoms with Gasteiger partial charge in [-0.05, 0) is 12.2 Å². The number of nitrogens with two attached hydrogens (primary N) is 1. The van der Waals surface area contributed by atoms with E-state index >= 15 is 0 Å². The lowest BCUT2D eigenvalue weighted by Crippen LogP contribution is -2.15. The molecule has 2 aromatic rings. The van der Waals surface area contributed by atoms with Gasteiger partial charge in [0.1, 0.15) is 35.4 Å². The van der Waals surface area contributed by atoms with Crippen molar-refractivity contribution in [3.8, 4) is 5.75 Å². The zero-order valence-corrected chi connectivity index (χ0v) is 11.5. The van der Waals surface area contributed by atoms with Crippen molar-refractivity contribution in [2.45, 2.75) is 6.61 Å². The number of H-pyrrole nitrogens is 1. The molecule has 22 heavy (non-hydrogen) atoms. The molecule has 0 bridgehead atoms. The monoisotopic (exact) mass is 305 g/mol. The van der Waals surface area contributed by atoms with E-state index in [1.165, 1.54) is 6.08 Å². The number of nitrogens with zero attached hydrogens (tertiary/aromatic N) is 1. The number of hydrogen-bond acceptors (Lipinski definition) is 3. The number of halogens is 2. The average molecular weight is 305 g/mol. The maximum Gasteiger partial charge on any atom is 0.254 e. The lowest BCUT2D eigenvalue weighted by atomic mass is 10.2. The highest BCUT2D eigenvalue weighted by molar-refractivity contribution is 5.93. The van der Waals surface area contributed by atoms with E-state index in [0.717, 1.165) is 12.1 Å². The number of carbonyl (C=O) groups excluding carboxylic acids is 1. The molecule has 0 aliphatic heterocycles. The zero-order chi connectivity index (χ0) is 16.3. The molecule has 0 atom stereocenters. The maximum atomic E-state index is 13.6. The van der Waals surface area contributed by atoms with E-state index in [4.69, 9.17) is 10.5 Å². The van der Waals surface area contributed by atoms with Crippen LogP contribution >= 0.6 is 0 Å². The number of benzene rings is 1. The van der Waals surface area contributed by atoms with Crippen LogP contribution in [0.5, 0.6) is 5.75 Å². The van der Waals surface area contributed by atoms with Gasteiger partial charge in [-0.15, -0.1) is 0 Å². The summed E-state index contributed by atoms with van der Waals surface area (Å²) in [5, 5.41) is 0. The Morgan fingerprint density at radius 2 is 1.95 bits per heavy atom. The Morgan fingerprint density at radius 1 is 1.32 bits per heavy atom. The molecule has 1 aromatic carbocycles. The highest BCUT2D eigenvalue weighted by Gasteiger charge is 2.17. The fraction of sp³-hybridized carbons (Fsp3) is 0.0667. The number of imidazole rings is 1. The van der Waals surface area contributed by atoms with Crippen molar-refractivity contribution < 1.29 is 18.3 Å². The standard InChI is InChI=1S/C15H13F2N3O2/c1-3-11-12(4-2)20-13(19-11)7-22-8-5-9(16)14(15(18)21)10(17)6-8/h3-6H,1-2,7H2,(H2,18,21)(H,19,20). The second-order valence-electron chi connectivity index (χ2n) is 4.31. The molecule has 5 nitrogen and oxygen atoms in total. The predicted molar refractivity (Wildman–Crippen MR) is 78.0 cm³/mol. The molecule has 0 saturated heterocycles. The maximum absolute atomic E-state index is 13.6. The van der Waals surface area contributed by atoms with Gasteiger partial charge in [0, 0.05) is 12.1 Å². The number of hydrogen-bond donors (Lipinski definition) is 2. The Labute approximate surface area is 125 Å². The molecule has 0 radical (unpaired) electrons. The molecular weight excluding hydrogens is 292 g/mol. The topological polar surface area (TPSA) is 81.0 Å². The van der Waals surface area contributed by atoms with E-state index in [9.17, 15) is 13.6 Å². The molecule has 0 fully saturated rings. The van der Waals surface area contributed by atoms with Gasteiger partial charge in [-0.3, -0.25) is 4.79 Å². The summed E-state index contributed by atoms with van der Waals surface area (Å²) in [7, 11) is 0. The minimum absolute atomic E-state index is 0.0521. The smallest absolute Gasteiger partial charge is 0.254 e. The zero-order valence-electron chi connectivity index (χ0n) is 11.5. The molecular formula is C15H13F2N3O2. The highest BCUT2D eigenvalue weighted by Crippen LogP contribution is 2.21. The molecule has 1 amide bonds. The van der Waals surface area contributed by atoms with E-state index in [1.54, 1.807) is 6.08 Å². The minimum Gasteiger partial charge on any atom is -0.485 e. The normalized spacial score (nSPS) is 10.3. The van der Waals surface area contributed by atoms with E-state index in [2.05, 4.69) is 23.1 Å². The van der Waals surface area contributed by atoms with Crippen molar-refractivity contribution in [1.82, 2.24) is 9.97 Å². The Kier molecular flexibility index (Phi) is 4.36. The van der Waals surface area contributed by atoms with Crippen LogP contribution in [0.1, 0.15) is 27.6 Å². The first-order valence-electron chi connectivity index (χ1n) is 6.21. The first-order valence-corrected chi connectivity index (χ1v) is 6.21. The van der Waals surface area contributed by atoms with E-state index in [0.29, 0.717) is 17.2 Å². The Balaban J connectivity index is 2.18. The van der Waals surface area contributed by atoms with Crippen LogP contribution in [0.2, 0.25) is 0 Å². The van der Waals surface area contributed by atoms with Gasteiger partial charge in [0.2, 0.25) is 0 Å². The van der Waals surface area contributed by atoms with Crippen LogP contribution < -0.4 is 10.5 Å². The van der Waals surface area contributed by atoms with Crippen molar-refractivity contribution >= 4 is 18.1 Å². The van der Waals surface area contributed by atoms with Gasteiger partial charge >= 0.3 is 0 Å². The third kappa shape index (κ3) is 3.03. The number of rotatable bonds is 6. The van der Waals surface area contributed by atoms with Crippen LogP contribution in [0.15, 0.2) is 25.3 Å². The van der Waals surface area contributed by atoms with Crippen molar-refractivity contribution in [3.05, 3.63) is 59.7 Å².